The standard InChI is InChI=1S/C23H25N3O5/c1-13(25-11-14-6-4-5-7-17(14)23(25)29)22(28)26-12-16-10-20(31-3)19(30-2)9-15(16)8-18(26)21(24)27/h4-7,9-10,13,18H,8,11-12H2,1-3H3,(H2,24,27). The van der Waals surface area contributed by atoms with Crippen LogP contribution in [0.3, 0.4) is 0 Å². The van der Waals surface area contributed by atoms with Crippen LogP contribution in [-0.2, 0) is 29.1 Å². The van der Waals surface area contributed by atoms with Crippen molar-refractivity contribution in [3.63, 3.8) is 0 Å². The van der Waals surface area contributed by atoms with Gasteiger partial charge in [-0.3, -0.25) is 14.4 Å². The molecule has 2 unspecified atom stereocenters. The molecule has 31 heavy (non-hydrogen) atoms. The Bertz CT molecular complexity index is 1070. The van der Waals surface area contributed by atoms with E-state index < -0.39 is 18.0 Å². The van der Waals surface area contributed by atoms with Crippen LogP contribution in [0.4, 0.5) is 0 Å². The molecule has 2 aromatic rings. The molecule has 4 rings (SSSR count). The fourth-order valence-corrected chi connectivity index (χ4v) is 4.36. The molecule has 2 aromatic carbocycles. The quantitative estimate of drug-likeness (QED) is 0.785. The Balaban J connectivity index is 1.63. The number of hydrogen-bond donors (Lipinski definition) is 1. The van der Waals surface area contributed by atoms with Gasteiger partial charge in [0.05, 0.1) is 14.2 Å². The summed E-state index contributed by atoms with van der Waals surface area (Å²) in [7, 11) is 3.09. The maximum atomic E-state index is 13.5. The van der Waals surface area contributed by atoms with E-state index in [1.165, 1.54) is 9.80 Å². The molecule has 0 fully saturated rings. The van der Waals surface area contributed by atoms with Gasteiger partial charge in [-0.2, -0.15) is 0 Å². The summed E-state index contributed by atoms with van der Waals surface area (Å²) in [6, 6.07) is 9.41. The van der Waals surface area contributed by atoms with E-state index in [4.69, 9.17) is 15.2 Å². The Labute approximate surface area is 180 Å². The first-order valence-electron chi connectivity index (χ1n) is 10.1. The highest BCUT2D eigenvalue weighted by Gasteiger charge is 2.40. The van der Waals surface area contributed by atoms with Gasteiger partial charge in [0.15, 0.2) is 11.5 Å². The average molecular weight is 423 g/mol. The lowest BCUT2D eigenvalue weighted by Gasteiger charge is -2.38. The molecule has 0 aromatic heterocycles. The summed E-state index contributed by atoms with van der Waals surface area (Å²) in [6.45, 7) is 2.24. The van der Waals surface area contributed by atoms with Gasteiger partial charge in [-0.25, -0.2) is 0 Å². The van der Waals surface area contributed by atoms with Gasteiger partial charge < -0.3 is 25.0 Å². The smallest absolute Gasteiger partial charge is 0.255 e. The highest BCUT2D eigenvalue weighted by molar-refractivity contribution is 6.01. The minimum Gasteiger partial charge on any atom is -0.493 e. The fraction of sp³-hybridized carbons (Fsp3) is 0.348. The summed E-state index contributed by atoms with van der Waals surface area (Å²) in [4.78, 5) is 41.5. The lowest BCUT2D eigenvalue weighted by Crippen LogP contribution is -2.56. The Hall–Kier alpha value is -3.55. The van der Waals surface area contributed by atoms with Crippen LogP contribution in [0.25, 0.3) is 0 Å². The summed E-state index contributed by atoms with van der Waals surface area (Å²) in [5.41, 5.74) is 8.89. The number of rotatable bonds is 5. The van der Waals surface area contributed by atoms with Gasteiger partial charge in [0.25, 0.3) is 5.91 Å². The highest BCUT2D eigenvalue weighted by Crippen LogP contribution is 2.35. The molecule has 3 amide bonds. The van der Waals surface area contributed by atoms with E-state index in [9.17, 15) is 14.4 Å². The van der Waals surface area contributed by atoms with Crippen molar-refractivity contribution in [3.8, 4) is 11.5 Å². The number of carbonyl (C=O) groups is 3. The number of fused-ring (bicyclic) bond motifs is 2. The van der Waals surface area contributed by atoms with E-state index in [-0.39, 0.29) is 24.8 Å². The molecule has 8 heteroatoms. The van der Waals surface area contributed by atoms with Crippen LogP contribution in [0.1, 0.15) is 34.0 Å². The zero-order chi connectivity index (χ0) is 22.3. The number of methoxy groups -OCH3 is 2. The van der Waals surface area contributed by atoms with Gasteiger partial charge in [-0.1, -0.05) is 18.2 Å². The largest absolute Gasteiger partial charge is 0.493 e. The molecule has 0 aliphatic carbocycles. The number of benzene rings is 2. The van der Waals surface area contributed by atoms with E-state index in [2.05, 4.69) is 0 Å². The molecular weight excluding hydrogens is 398 g/mol. The van der Waals surface area contributed by atoms with E-state index in [0.29, 0.717) is 23.6 Å². The Morgan fingerprint density at radius 2 is 1.68 bits per heavy atom. The molecule has 0 saturated heterocycles. The van der Waals surface area contributed by atoms with Crippen LogP contribution in [0, 0.1) is 0 Å². The van der Waals surface area contributed by atoms with Crippen molar-refractivity contribution < 1.29 is 23.9 Å². The maximum Gasteiger partial charge on any atom is 0.255 e. The second-order valence-corrected chi connectivity index (χ2v) is 7.83. The van der Waals surface area contributed by atoms with Gasteiger partial charge in [0.2, 0.25) is 11.8 Å². The second kappa shape index (κ2) is 7.94. The van der Waals surface area contributed by atoms with Gasteiger partial charge in [-0.05, 0) is 41.8 Å². The predicted octanol–water partition coefficient (Wildman–Crippen LogP) is 1.49. The van der Waals surface area contributed by atoms with Crippen molar-refractivity contribution in [2.24, 2.45) is 5.73 Å². The third-order valence-electron chi connectivity index (χ3n) is 6.12. The van der Waals surface area contributed by atoms with Crippen molar-refractivity contribution in [2.45, 2.75) is 38.5 Å². The highest BCUT2D eigenvalue weighted by atomic mass is 16.5. The Morgan fingerprint density at radius 3 is 2.29 bits per heavy atom. The number of hydrogen-bond acceptors (Lipinski definition) is 5. The SMILES string of the molecule is COc1cc2c(cc1OC)CN(C(=O)C(C)N1Cc3ccccc3C1=O)C(C(N)=O)C2. The summed E-state index contributed by atoms with van der Waals surface area (Å²) in [6.07, 6.45) is 0.275. The number of ether oxygens (including phenoxy) is 2. The Kier molecular flexibility index (Phi) is 5.31. The van der Waals surface area contributed by atoms with Crippen molar-refractivity contribution in [2.75, 3.05) is 14.2 Å². The third-order valence-corrected chi connectivity index (χ3v) is 6.12. The topological polar surface area (TPSA) is 102 Å². The zero-order valence-electron chi connectivity index (χ0n) is 17.8. The predicted molar refractivity (Wildman–Crippen MR) is 113 cm³/mol. The molecule has 0 spiro atoms. The summed E-state index contributed by atoms with van der Waals surface area (Å²) >= 11 is 0. The average Bonchev–Trinajstić information content (AvgIpc) is 3.12. The number of primary amides is 1. The van der Waals surface area contributed by atoms with Gasteiger partial charge in [0.1, 0.15) is 12.1 Å². The molecule has 0 saturated carbocycles. The minimum atomic E-state index is -0.805. The van der Waals surface area contributed by atoms with Crippen LogP contribution >= 0.6 is 0 Å². The van der Waals surface area contributed by atoms with Gasteiger partial charge in [0, 0.05) is 25.1 Å². The number of nitrogens with zero attached hydrogens (tertiary/aromatic N) is 2. The molecule has 2 aliphatic rings. The van der Waals surface area contributed by atoms with Gasteiger partial charge >= 0.3 is 0 Å². The fourth-order valence-electron chi connectivity index (χ4n) is 4.36. The first-order chi connectivity index (χ1) is 14.8. The van der Waals surface area contributed by atoms with E-state index in [0.717, 1.165) is 16.7 Å². The maximum absolute atomic E-state index is 13.5. The van der Waals surface area contributed by atoms with Crippen molar-refractivity contribution in [1.82, 2.24) is 9.80 Å². The molecular formula is C23H25N3O5. The van der Waals surface area contributed by atoms with Crippen LogP contribution in [-0.4, -0.2) is 53.8 Å². The third kappa shape index (κ3) is 3.48. The zero-order valence-corrected chi connectivity index (χ0v) is 17.8. The molecule has 2 heterocycles. The van der Waals surface area contributed by atoms with E-state index >= 15 is 0 Å². The molecule has 2 atom stereocenters. The number of carbonyl (C=O) groups excluding carboxylic acids is 3. The number of nitrogens with two attached hydrogens (primary N) is 1. The molecule has 2 aliphatic heterocycles. The van der Waals surface area contributed by atoms with Crippen LogP contribution in [0.5, 0.6) is 11.5 Å². The lowest BCUT2D eigenvalue weighted by molar-refractivity contribution is -0.144. The molecule has 8 nitrogen and oxygen atoms in total. The van der Waals surface area contributed by atoms with Crippen molar-refractivity contribution in [3.05, 3.63) is 58.7 Å². The molecule has 0 bridgehead atoms. The summed E-state index contributed by atoms with van der Waals surface area (Å²) in [5, 5.41) is 0. The van der Waals surface area contributed by atoms with Crippen molar-refractivity contribution >= 4 is 17.7 Å². The van der Waals surface area contributed by atoms with Gasteiger partial charge in [-0.15, -0.1) is 0 Å². The minimum absolute atomic E-state index is 0.184. The monoisotopic (exact) mass is 423 g/mol. The normalized spacial score (nSPS) is 18.3. The molecule has 0 radical (unpaired) electrons. The second-order valence-electron chi connectivity index (χ2n) is 7.83. The Morgan fingerprint density at radius 1 is 1.03 bits per heavy atom. The lowest BCUT2D eigenvalue weighted by atomic mass is 9.92. The molecule has 162 valence electrons. The molecule has 2 N–H and O–H groups in total. The number of amides is 3. The van der Waals surface area contributed by atoms with E-state index in [1.54, 1.807) is 33.3 Å². The first kappa shape index (κ1) is 20.7. The summed E-state index contributed by atoms with van der Waals surface area (Å²) < 4.78 is 10.7. The van der Waals surface area contributed by atoms with Crippen molar-refractivity contribution in [1.29, 1.82) is 0 Å². The first-order valence-corrected chi connectivity index (χ1v) is 10.1. The summed E-state index contributed by atoms with van der Waals surface area (Å²) in [5.74, 6) is 0.0146. The van der Waals surface area contributed by atoms with Crippen LogP contribution < -0.4 is 15.2 Å². The van der Waals surface area contributed by atoms with Crippen LogP contribution in [0.2, 0.25) is 0 Å². The van der Waals surface area contributed by atoms with E-state index in [1.807, 2.05) is 24.3 Å². The van der Waals surface area contributed by atoms with Crippen LogP contribution in [0.15, 0.2) is 36.4 Å².